The van der Waals surface area contributed by atoms with Gasteiger partial charge in [0.15, 0.2) is 11.6 Å². The Bertz CT molecular complexity index is 448. The van der Waals surface area contributed by atoms with Gasteiger partial charge in [0.2, 0.25) is 0 Å². The van der Waals surface area contributed by atoms with Crippen molar-refractivity contribution in [2.45, 2.75) is 45.6 Å². The summed E-state index contributed by atoms with van der Waals surface area (Å²) in [6.07, 6.45) is 6.22. The summed E-state index contributed by atoms with van der Waals surface area (Å²) >= 11 is 0. The molecule has 1 aliphatic carbocycles. The van der Waals surface area contributed by atoms with Crippen molar-refractivity contribution in [2.24, 2.45) is 11.8 Å². The molecule has 2 unspecified atom stereocenters. The highest BCUT2D eigenvalue weighted by atomic mass is 19.2. The van der Waals surface area contributed by atoms with Crippen LogP contribution in [0.4, 0.5) is 13.2 Å². The lowest BCUT2D eigenvalue weighted by Gasteiger charge is -2.26. The molecule has 2 rings (SSSR count). The Labute approximate surface area is 118 Å². The van der Waals surface area contributed by atoms with E-state index >= 15 is 0 Å². The molecule has 1 N–H and O–H groups in total. The van der Waals surface area contributed by atoms with Crippen LogP contribution in [0.15, 0.2) is 12.1 Å². The Morgan fingerprint density at radius 2 is 1.85 bits per heavy atom. The summed E-state index contributed by atoms with van der Waals surface area (Å²) in [6.45, 7) is 3.32. The first-order valence-electron chi connectivity index (χ1n) is 7.40. The number of hydrogen-bond acceptors (Lipinski definition) is 1. The first-order chi connectivity index (χ1) is 9.56. The summed E-state index contributed by atoms with van der Waals surface area (Å²) in [5.74, 6) is -1.28. The third-order valence-corrected chi connectivity index (χ3v) is 4.18. The maximum absolute atomic E-state index is 13.4. The SMILES string of the molecule is CC1CCCC(CCNCc2cc(F)c(F)cc2F)C1. The Hall–Kier alpha value is -1.03. The molecule has 1 saturated carbocycles. The van der Waals surface area contributed by atoms with Crippen molar-refractivity contribution in [1.82, 2.24) is 5.32 Å². The van der Waals surface area contributed by atoms with Crippen LogP contribution in [0.3, 0.4) is 0 Å². The molecule has 1 aliphatic rings. The van der Waals surface area contributed by atoms with Crippen molar-refractivity contribution in [1.29, 1.82) is 0 Å². The van der Waals surface area contributed by atoms with Crippen LogP contribution in [0.25, 0.3) is 0 Å². The van der Waals surface area contributed by atoms with E-state index in [1.807, 2.05) is 0 Å². The molecule has 1 aromatic carbocycles. The van der Waals surface area contributed by atoms with Crippen LogP contribution in [0.1, 0.15) is 44.6 Å². The molecule has 2 atom stereocenters. The third kappa shape index (κ3) is 4.23. The molecule has 0 radical (unpaired) electrons. The zero-order valence-electron chi connectivity index (χ0n) is 11.9. The maximum Gasteiger partial charge on any atom is 0.161 e. The van der Waals surface area contributed by atoms with Crippen LogP contribution < -0.4 is 5.32 Å². The highest BCUT2D eigenvalue weighted by molar-refractivity contribution is 5.19. The summed E-state index contributed by atoms with van der Waals surface area (Å²) < 4.78 is 39.2. The summed E-state index contributed by atoms with van der Waals surface area (Å²) in [4.78, 5) is 0. The molecule has 1 fully saturated rings. The van der Waals surface area contributed by atoms with Gasteiger partial charge in [-0.3, -0.25) is 0 Å². The van der Waals surface area contributed by atoms with E-state index < -0.39 is 17.5 Å². The second-order valence-corrected chi connectivity index (χ2v) is 5.96. The molecule has 0 bridgehead atoms. The molecule has 0 saturated heterocycles. The van der Waals surface area contributed by atoms with E-state index in [4.69, 9.17) is 0 Å². The van der Waals surface area contributed by atoms with E-state index in [1.165, 1.54) is 25.7 Å². The Kier molecular flexibility index (Phi) is 5.46. The first-order valence-corrected chi connectivity index (χ1v) is 7.40. The first kappa shape index (κ1) is 15.4. The van der Waals surface area contributed by atoms with E-state index in [-0.39, 0.29) is 12.1 Å². The van der Waals surface area contributed by atoms with Crippen molar-refractivity contribution in [3.63, 3.8) is 0 Å². The van der Waals surface area contributed by atoms with Gasteiger partial charge in [-0.25, -0.2) is 13.2 Å². The number of hydrogen-bond donors (Lipinski definition) is 1. The molecular weight excluding hydrogens is 263 g/mol. The molecule has 112 valence electrons. The van der Waals surface area contributed by atoms with Gasteiger partial charge in [-0.15, -0.1) is 0 Å². The minimum Gasteiger partial charge on any atom is -0.313 e. The van der Waals surface area contributed by atoms with Crippen LogP contribution in [-0.2, 0) is 6.54 Å². The summed E-state index contributed by atoms with van der Waals surface area (Å²) in [7, 11) is 0. The van der Waals surface area contributed by atoms with Crippen molar-refractivity contribution in [3.05, 3.63) is 35.1 Å². The van der Waals surface area contributed by atoms with Gasteiger partial charge in [-0.05, 0) is 37.3 Å². The Balaban J connectivity index is 1.74. The largest absolute Gasteiger partial charge is 0.313 e. The monoisotopic (exact) mass is 285 g/mol. The van der Waals surface area contributed by atoms with Crippen molar-refractivity contribution >= 4 is 0 Å². The minimum atomic E-state index is -1.14. The summed E-state index contributed by atoms with van der Waals surface area (Å²) in [6, 6.07) is 1.54. The fourth-order valence-electron chi connectivity index (χ4n) is 3.05. The zero-order valence-corrected chi connectivity index (χ0v) is 11.9. The van der Waals surface area contributed by atoms with Gasteiger partial charge in [0.1, 0.15) is 5.82 Å². The fourth-order valence-corrected chi connectivity index (χ4v) is 3.05. The number of nitrogens with one attached hydrogen (secondary N) is 1. The van der Waals surface area contributed by atoms with Gasteiger partial charge in [0.05, 0.1) is 0 Å². The van der Waals surface area contributed by atoms with Gasteiger partial charge in [0, 0.05) is 18.2 Å². The summed E-state index contributed by atoms with van der Waals surface area (Å²) in [5, 5.41) is 3.12. The number of rotatable bonds is 5. The normalized spacial score (nSPS) is 23.0. The lowest BCUT2D eigenvalue weighted by atomic mass is 9.81. The van der Waals surface area contributed by atoms with Gasteiger partial charge in [-0.2, -0.15) is 0 Å². The number of benzene rings is 1. The van der Waals surface area contributed by atoms with Crippen LogP contribution in [0.2, 0.25) is 0 Å². The molecule has 0 aliphatic heterocycles. The average molecular weight is 285 g/mol. The lowest BCUT2D eigenvalue weighted by molar-refractivity contribution is 0.267. The Morgan fingerprint density at radius 3 is 2.60 bits per heavy atom. The average Bonchev–Trinajstić information content (AvgIpc) is 2.40. The molecule has 20 heavy (non-hydrogen) atoms. The quantitative estimate of drug-likeness (QED) is 0.624. The fraction of sp³-hybridized carbons (Fsp3) is 0.625. The molecule has 4 heteroatoms. The van der Waals surface area contributed by atoms with Crippen molar-refractivity contribution in [3.8, 4) is 0 Å². The summed E-state index contributed by atoms with van der Waals surface area (Å²) in [5.41, 5.74) is 0.181. The smallest absolute Gasteiger partial charge is 0.161 e. The van der Waals surface area contributed by atoms with E-state index in [0.29, 0.717) is 6.07 Å². The second kappa shape index (κ2) is 7.11. The van der Waals surface area contributed by atoms with Crippen LogP contribution in [0.5, 0.6) is 0 Å². The van der Waals surface area contributed by atoms with Crippen LogP contribution in [-0.4, -0.2) is 6.54 Å². The van der Waals surface area contributed by atoms with Gasteiger partial charge < -0.3 is 5.32 Å². The molecular formula is C16H22F3N. The van der Waals surface area contributed by atoms with E-state index in [9.17, 15) is 13.2 Å². The standard InChI is InChI=1S/C16H22F3N/c1-11-3-2-4-12(7-11)5-6-20-10-13-8-15(18)16(19)9-14(13)17/h8-9,11-12,20H,2-7,10H2,1H3. The van der Waals surface area contributed by atoms with Crippen LogP contribution in [0, 0.1) is 29.3 Å². The molecule has 1 nitrogen and oxygen atoms in total. The van der Waals surface area contributed by atoms with E-state index in [0.717, 1.165) is 30.9 Å². The topological polar surface area (TPSA) is 12.0 Å². The highest BCUT2D eigenvalue weighted by Crippen LogP contribution is 2.30. The van der Waals surface area contributed by atoms with Gasteiger partial charge >= 0.3 is 0 Å². The molecule has 1 aromatic rings. The third-order valence-electron chi connectivity index (χ3n) is 4.18. The number of halogens is 3. The predicted molar refractivity (Wildman–Crippen MR) is 73.8 cm³/mol. The minimum absolute atomic E-state index is 0.181. The molecule has 0 amide bonds. The molecule has 0 heterocycles. The Morgan fingerprint density at radius 1 is 1.10 bits per heavy atom. The predicted octanol–water partition coefficient (Wildman–Crippen LogP) is 4.41. The molecule has 0 aromatic heterocycles. The second-order valence-electron chi connectivity index (χ2n) is 5.96. The highest BCUT2D eigenvalue weighted by Gasteiger charge is 2.18. The zero-order chi connectivity index (χ0) is 14.5. The van der Waals surface area contributed by atoms with Crippen molar-refractivity contribution in [2.75, 3.05) is 6.54 Å². The maximum atomic E-state index is 13.4. The van der Waals surface area contributed by atoms with E-state index in [2.05, 4.69) is 12.2 Å². The lowest BCUT2D eigenvalue weighted by Crippen LogP contribution is -2.21. The van der Waals surface area contributed by atoms with E-state index in [1.54, 1.807) is 0 Å². The van der Waals surface area contributed by atoms with Crippen LogP contribution >= 0.6 is 0 Å². The van der Waals surface area contributed by atoms with Gasteiger partial charge in [0.25, 0.3) is 0 Å². The molecule has 0 spiro atoms. The van der Waals surface area contributed by atoms with Crippen molar-refractivity contribution < 1.29 is 13.2 Å². The van der Waals surface area contributed by atoms with Gasteiger partial charge in [-0.1, -0.05) is 26.2 Å².